The van der Waals surface area contributed by atoms with E-state index in [9.17, 15) is 13.6 Å². The fourth-order valence-electron chi connectivity index (χ4n) is 3.53. The summed E-state index contributed by atoms with van der Waals surface area (Å²) in [6.07, 6.45) is 3.83. The Morgan fingerprint density at radius 3 is 2.32 bits per heavy atom. The second-order valence-corrected chi connectivity index (χ2v) is 6.62. The van der Waals surface area contributed by atoms with Crippen LogP contribution in [0.2, 0.25) is 0 Å². The molecule has 4 nitrogen and oxygen atoms in total. The molecule has 2 heterocycles. The number of rotatable bonds is 6. The van der Waals surface area contributed by atoms with Crippen LogP contribution in [0.25, 0.3) is 0 Å². The number of unbranched alkanes of at least 4 members (excludes halogenated alkanes) is 1. The number of nitrogens with zero attached hydrogens (tertiary/aromatic N) is 3. The number of likely N-dealkylation sites (tertiary alicyclic amines) is 1. The number of carbonyl (C=O) groups is 1. The van der Waals surface area contributed by atoms with Crippen LogP contribution in [0.3, 0.4) is 0 Å². The topological polar surface area (TPSA) is 26.8 Å². The zero-order chi connectivity index (χ0) is 16.9. The fourth-order valence-corrected chi connectivity index (χ4v) is 3.53. The summed E-state index contributed by atoms with van der Waals surface area (Å²) in [4.78, 5) is 17.9. The molecule has 2 fully saturated rings. The first-order chi connectivity index (χ1) is 11.6. The first kappa shape index (κ1) is 19.9. The van der Waals surface area contributed by atoms with Crippen molar-refractivity contribution in [1.82, 2.24) is 9.80 Å². The van der Waals surface area contributed by atoms with Gasteiger partial charge in [0.2, 0.25) is 5.91 Å². The summed E-state index contributed by atoms with van der Waals surface area (Å²) in [5, 5.41) is 0. The van der Waals surface area contributed by atoms with E-state index in [1.165, 1.54) is 12.1 Å². The molecule has 7 heteroatoms. The van der Waals surface area contributed by atoms with Gasteiger partial charge in [0, 0.05) is 51.8 Å². The van der Waals surface area contributed by atoms with Crippen LogP contribution in [0, 0.1) is 11.6 Å². The predicted molar refractivity (Wildman–Crippen MR) is 97.3 cm³/mol. The number of benzene rings is 1. The van der Waals surface area contributed by atoms with Gasteiger partial charge in [-0.1, -0.05) is 0 Å². The Labute approximate surface area is 154 Å². The molecule has 140 valence electrons. The van der Waals surface area contributed by atoms with Crippen molar-refractivity contribution in [3.63, 3.8) is 0 Å². The summed E-state index contributed by atoms with van der Waals surface area (Å²) in [5.74, 6) is -0.727. The third kappa shape index (κ3) is 5.28. The zero-order valence-electron chi connectivity index (χ0n) is 14.4. The van der Waals surface area contributed by atoms with Crippen molar-refractivity contribution in [1.29, 1.82) is 0 Å². The van der Waals surface area contributed by atoms with Crippen LogP contribution >= 0.6 is 12.4 Å². The average molecular weight is 374 g/mol. The summed E-state index contributed by atoms with van der Waals surface area (Å²) in [6.45, 7) is 6.10. The van der Waals surface area contributed by atoms with Gasteiger partial charge in [-0.15, -0.1) is 12.4 Å². The SMILES string of the molecule is Cl.O=C1CCCN1CCCCN1CCN(c2ccc(F)cc2F)CC1. The smallest absolute Gasteiger partial charge is 0.222 e. The van der Waals surface area contributed by atoms with Crippen LogP contribution in [0.5, 0.6) is 0 Å². The lowest BCUT2D eigenvalue weighted by Gasteiger charge is -2.36. The summed E-state index contributed by atoms with van der Waals surface area (Å²) >= 11 is 0. The predicted octanol–water partition coefficient (Wildman–Crippen LogP) is 2.91. The minimum atomic E-state index is -0.536. The molecular formula is C18H26ClF2N3O. The van der Waals surface area contributed by atoms with Crippen molar-refractivity contribution >= 4 is 24.0 Å². The number of halogens is 3. The summed E-state index contributed by atoms with van der Waals surface area (Å²) in [6, 6.07) is 3.78. The van der Waals surface area contributed by atoms with E-state index < -0.39 is 11.6 Å². The standard InChI is InChI=1S/C18H25F2N3O.ClH/c19-15-5-6-17(16(20)14-15)22-12-10-21(11-13-22)7-1-2-8-23-9-3-4-18(23)24;/h5-6,14H,1-4,7-13H2;1H. The molecule has 1 aromatic rings. The van der Waals surface area contributed by atoms with Crippen LogP contribution in [-0.2, 0) is 4.79 Å². The molecule has 0 radical (unpaired) electrons. The van der Waals surface area contributed by atoms with Crippen LogP contribution in [-0.4, -0.2) is 61.5 Å². The highest BCUT2D eigenvalue weighted by Crippen LogP contribution is 2.21. The van der Waals surface area contributed by atoms with Crippen molar-refractivity contribution < 1.29 is 13.6 Å². The van der Waals surface area contributed by atoms with Gasteiger partial charge >= 0.3 is 0 Å². The first-order valence-electron chi connectivity index (χ1n) is 8.83. The van der Waals surface area contributed by atoms with Gasteiger partial charge < -0.3 is 9.80 Å². The number of carbonyl (C=O) groups excluding carboxylic acids is 1. The Morgan fingerprint density at radius 1 is 0.960 bits per heavy atom. The number of hydrogen-bond acceptors (Lipinski definition) is 3. The molecule has 0 aliphatic carbocycles. The van der Waals surface area contributed by atoms with E-state index >= 15 is 0 Å². The fraction of sp³-hybridized carbons (Fsp3) is 0.611. The van der Waals surface area contributed by atoms with Crippen LogP contribution in [0.1, 0.15) is 25.7 Å². The van der Waals surface area contributed by atoms with E-state index in [0.717, 1.165) is 71.1 Å². The lowest BCUT2D eigenvalue weighted by molar-refractivity contribution is -0.127. The first-order valence-corrected chi connectivity index (χ1v) is 8.83. The normalized spacial score (nSPS) is 18.6. The third-order valence-electron chi connectivity index (χ3n) is 4.95. The summed E-state index contributed by atoms with van der Waals surface area (Å²) < 4.78 is 26.8. The Bertz CT molecular complexity index is 579. The molecule has 0 unspecified atom stereocenters. The Kier molecular flexibility index (Phi) is 7.44. The molecule has 2 aliphatic heterocycles. The van der Waals surface area contributed by atoms with Gasteiger partial charge in [0.1, 0.15) is 11.6 Å². The van der Waals surface area contributed by atoms with Crippen LogP contribution < -0.4 is 4.90 Å². The minimum absolute atomic E-state index is 0. The lowest BCUT2D eigenvalue weighted by Crippen LogP contribution is -2.47. The molecule has 2 saturated heterocycles. The average Bonchev–Trinajstić information content (AvgIpc) is 2.98. The number of piperazine rings is 1. The maximum atomic E-state index is 13.8. The van der Waals surface area contributed by atoms with Gasteiger partial charge in [0.25, 0.3) is 0 Å². The highest BCUT2D eigenvalue weighted by atomic mass is 35.5. The van der Waals surface area contributed by atoms with E-state index in [2.05, 4.69) is 4.90 Å². The Hall–Kier alpha value is -1.40. The molecule has 1 aromatic carbocycles. The van der Waals surface area contributed by atoms with E-state index in [4.69, 9.17) is 0 Å². The molecule has 0 atom stereocenters. The summed E-state index contributed by atoms with van der Waals surface area (Å²) in [5.41, 5.74) is 0.489. The Morgan fingerprint density at radius 2 is 1.68 bits per heavy atom. The second kappa shape index (κ2) is 9.34. The summed E-state index contributed by atoms with van der Waals surface area (Å²) in [7, 11) is 0. The molecule has 1 amide bonds. The van der Waals surface area contributed by atoms with E-state index in [1.807, 2.05) is 9.80 Å². The number of anilines is 1. The van der Waals surface area contributed by atoms with E-state index in [0.29, 0.717) is 18.0 Å². The van der Waals surface area contributed by atoms with Crippen LogP contribution in [0.4, 0.5) is 14.5 Å². The largest absolute Gasteiger partial charge is 0.367 e. The van der Waals surface area contributed by atoms with Crippen molar-refractivity contribution in [3.8, 4) is 0 Å². The van der Waals surface area contributed by atoms with Gasteiger partial charge in [-0.3, -0.25) is 9.69 Å². The molecule has 0 aromatic heterocycles. The number of hydrogen-bond donors (Lipinski definition) is 0. The molecule has 0 spiro atoms. The third-order valence-corrected chi connectivity index (χ3v) is 4.95. The van der Waals surface area contributed by atoms with Crippen molar-refractivity contribution in [2.24, 2.45) is 0 Å². The van der Waals surface area contributed by atoms with Crippen molar-refractivity contribution in [2.75, 3.05) is 50.7 Å². The maximum absolute atomic E-state index is 13.8. The quantitative estimate of drug-likeness (QED) is 0.717. The van der Waals surface area contributed by atoms with Crippen molar-refractivity contribution in [2.45, 2.75) is 25.7 Å². The zero-order valence-corrected chi connectivity index (χ0v) is 15.2. The van der Waals surface area contributed by atoms with Gasteiger partial charge in [0.05, 0.1) is 5.69 Å². The highest BCUT2D eigenvalue weighted by molar-refractivity contribution is 5.85. The molecule has 2 aliphatic rings. The van der Waals surface area contributed by atoms with Crippen LogP contribution in [0.15, 0.2) is 18.2 Å². The maximum Gasteiger partial charge on any atom is 0.222 e. The van der Waals surface area contributed by atoms with Gasteiger partial charge in [-0.05, 0) is 37.9 Å². The Balaban J connectivity index is 0.00000225. The lowest BCUT2D eigenvalue weighted by atomic mass is 10.2. The molecule has 3 rings (SSSR count). The molecule has 0 bridgehead atoms. The molecular weight excluding hydrogens is 348 g/mol. The van der Waals surface area contributed by atoms with Crippen molar-refractivity contribution in [3.05, 3.63) is 29.8 Å². The molecule has 0 saturated carbocycles. The molecule has 25 heavy (non-hydrogen) atoms. The van der Waals surface area contributed by atoms with Gasteiger partial charge in [-0.25, -0.2) is 8.78 Å². The number of amides is 1. The minimum Gasteiger partial charge on any atom is -0.367 e. The monoisotopic (exact) mass is 373 g/mol. The van der Waals surface area contributed by atoms with Gasteiger partial charge in [-0.2, -0.15) is 0 Å². The second-order valence-electron chi connectivity index (χ2n) is 6.62. The van der Waals surface area contributed by atoms with Gasteiger partial charge in [0.15, 0.2) is 0 Å². The van der Waals surface area contributed by atoms with E-state index in [1.54, 1.807) is 0 Å². The van der Waals surface area contributed by atoms with E-state index in [-0.39, 0.29) is 12.4 Å². The highest BCUT2D eigenvalue weighted by Gasteiger charge is 2.21. The molecule has 0 N–H and O–H groups in total.